The molecule has 0 aromatic heterocycles. The van der Waals surface area contributed by atoms with Gasteiger partial charge >= 0.3 is 5.97 Å². The number of hydrogen-bond donors (Lipinski definition) is 1. The lowest BCUT2D eigenvalue weighted by Crippen LogP contribution is -2.39. The number of esters is 1. The fourth-order valence-electron chi connectivity index (χ4n) is 1.38. The molecule has 1 aliphatic carbocycles. The van der Waals surface area contributed by atoms with Gasteiger partial charge in [0.15, 0.2) is 0 Å². The van der Waals surface area contributed by atoms with Gasteiger partial charge in [0.05, 0.1) is 7.11 Å². The summed E-state index contributed by atoms with van der Waals surface area (Å²) in [7, 11) is 3.17. The van der Waals surface area contributed by atoms with Crippen LogP contribution in [0.15, 0.2) is 12.7 Å². The maximum absolute atomic E-state index is 11.2. The molecule has 3 nitrogen and oxygen atoms in total. The molecule has 0 aromatic carbocycles. The van der Waals surface area contributed by atoms with Crippen molar-refractivity contribution >= 4 is 5.97 Å². The van der Waals surface area contributed by atoms with Gasteiger partial charge in [-0.2, -0.15) is 0 Å². The molecule has 0 saturated heterocycles. The van der Waals surface area contributed by atoms with Crippen LogP contribution in [0.5, 0.6) is 0 Å². The summed E-state index contributed by atoms with van der Waals surface area (Å²) in [4.78, 5) is 11.2. The van der Waals surface area contributed by atoms with Gasteiger partial charge in [0.2, 0.25) is 0 Å². The average Bonchev–Trinajstić information content (AvgIpc) is 2.78. The fraction of sp³-hybridized carbons (Fsp3) is 0.625. The number of carbonyl (C=O) groups excluding carboxylic acids is 1. The first-order chi connectivity index (χ1) is 5.21. The summed E-state index contributed by atoms with van der Waals surface area (Å²) in [6.07, 6.45) is 2.59. The quantitative estimate of drug-likeness (QED) is 0.471. The molecule has 0 unspecified atom stereocenters. The molecule has 0 aromatic rings. The van der Waals surface area contributed by atoms with Crippen LogP contribution in [-0.2, 0) is 9.53 Å². The van der Waals surface area contributed by atoms with Crippen LogP contribution in [0, 0.1) is 5.92 Å². The zero-order valence-electron chi connectivity index (χ0n) is 6.89. The van der Waals surface area contributed by atoms with Crippen LogP contribution in [-0.4, -0.2) is 25.7 Å². The summed E-state index contributed by atoms with van der Waals surface area (Å²) in [5, 5.41) is 2.96. The molecule has 0 spiro atoms. The molecular formula is C8H13NO2. The zero-order valence-corrected chi connectivity index (χ0v) is 6.89. The monoisotopic (exact) mass is 155 g/mol. The molecule has 1 saturated carbocycles. The van der Waals surface area contributed by atoms with E-state index in [0.717, 1.165) is 6.42 Å². The number of methoxy groups -OCH3 is 1. The van der Waals surface area contributed by atoms with Crippen molar-refractivity contribution in [3.8, 4) is 0 Å². The Labute approximate surface area is 66.4 Å². The molecule has 3 heteroatoms. The maximum atomic E-state index is 11.2. The highest BCUT2D eigenvalue weighted by Crippen LogP contribution is 2.44. The second-order valence-corrected chi connectivity index (χ2v) is 2.76. The first-order valence-electron chi connectivity index (χ1n) is 3.61. The number of rotatable bonds is 3. The summed E-state index contributed by atoms with van der Waals surface area (Å²) in [5.74, 6) is 0.0462. The van der Waals surface area contributed by atoms with Crippen LogP contribution < -0.4 is 5.32 Å². The van der Waals surface area contributed by atoms with E-state index >= 15 is 0 Å². The number of nitrogens with one attached hydrogen (secondary N) is 1. The van der Waals surface area contributed by atoms with Crippen molar-refractivity contribution in [2.24, 2.45) is 5.92 Å². The predicted molar refractivity (Wildman–Crippen MR) is 42.1 cm³/mol. The molecule has 0 aliphatic heterocycles. The lowest BCUT2D eigenvalue weighted by atomic mass is 10.2. The summed E-state index contributed by atoms with van der Waals surface area (Å²) < 4.78 is 4.65. The van der Waals surface area contributed by atoms with Crippen molar-refractivity contribution in [3.63, 3.8) is 0 Å². The molecule has 0 heterocycles. The van der Waals surface area contributed by atoms with Gasteiger partial charge in [0, 0.05) is 5.92 Å². The zero-order chi connectivity index (χ0) is 8.48. The van der Waals surface area contributed by atoms with Gasteiger partial charge in [0.25, 0.3) is 0 Å². The molecule has 0 bridgehead atoms. The molecule has 1 aliphatic rings. The molecule has 0 amide bonds. The van der Waals surface area contributed by atoms with Gasteiger partial charge in [-0.15, -0.1) is 6.58 Å². The minimum Gasteiger partial charge on any atom is -0.468 e. The second-order valence-electron chi connectivity index (χ2n) is 2.76. The SMILES string of the molecule is C=C[C@@H]1C[C@@]1(NC)C(=O)OC. The van der Waals surface area contributed by atoms with Crippen molar-refractivity contribution in [1.29, 1.82) is 0 Å². The summed E-state index contributed by atoms with van der Waals surface area (Å²) in [6.45, 7) is 3.63. The predicted octanol–water partition coefficient (Wildman–Crippen LogP) is 0.323. The number of likely N-dealkylation sites (N-methyl/N-ethyl adjacent to an activating group) is 1. The van der Waals surface area contributed by atoms with E-state index < -0.39 is 5.54 Å². The highest BCUT2D eigenvalue weighted by atomic mass is 16.5. The van der Waals surface area contributed by atoms with Gasteiger partial charge in [0.1, 0.15) is 5.54 Å². The molecule has 11 heavy (non-hydrogen) atoms. The molecule has 2 atom stereocenters. The minimum absolute atomic E-state index is 0.190. The summed E-state index contributed by atoms with van der Waals surface area (Å²) >= 11 is 0. The Morgan fingerprint density at radius 3 is 2.82 bits per heavy atom. The minimum atomic E-state index is -0.462. The molecular weight excluding hydrogens is 142 g/mol. The Bertz CT molecular complexity index is 191. The molecule has 1 fully saturated rings. The standard InChI is InChI=1S/C8H13NO2/c1-4-6-5-8(6,9-2)7(10)11-3/h4,6,9H,1,5H2,2-3H3/t6-,8+/m1/s1. The van der Waals surface area contributed by atoms with E-state index in [4.69, 9.17) is 0 Å². The largest absolute Gasteiger partial charge is 0.468 e. The Hall–Kier alpha value is -0.830. The van der Waals surface area contributed by atoms with Crippen LogP contribution >= 0.6 is 0 Å². The highest BCUT2D eigenvalue weighted by Gasteiger charge is 2.58. The average molecular weight is 155 g/mol. The van der Waals surface area contributed by atoms with E-state index in [1.54, 1.807) is 13.1 Å². The normalized spacial score (nSPS) is 34.5. The van der Waals surface area contributed by atoms with Gasteiger partial charge in [-0.25, -0.2) is 0 Å². The number of ether oxygens (including phenoxy) is 1. The lowest BCUT2D eigenvalue weighted by Gasteiger charge is -2.11. The van der Waals surface area contributed by atoms with E-state index in [0.29, 0.717) is 0 Å². The molecule has 0 radical (unpaired) electrons. The first-order valence-corrected chi connectivity index (χ1v) is 3.61. The molecule has 62 valence electrons. The Kier molecular flexibility index (Phi) is 2.00. The third-order valence-electron chi connectivity index (χ3n) is 2.30. The van der Waals surface area contributed by atoms with Crippen LogP contribution in [0.2, 0.25) is 0 Å². The Morgan fingerprint density at radius 2 is 2.55 bits per heavy atom. The van der Waals surface area contributed by atoms with Crippen LogP contribution in [0.25, 0.3) is 0 Å². The fourth-order valence-corrected chi connectivity index (χ4v) is 1.38. The van der Waals surface area contributed by atoms with Crippen molar-refractivity contribution in [1.82, 2.24) is 5.32 Å². The summed E-state index contributed by atoms with van der Waals surface area (Å²) in [6, 6.07) is 0. The third-order valence-corrected chi connectivity index (χ3v) is 2.30. The maximum Gasteiger partial charge on any atom is 0.326 e. The van der Waals surface area contributed by atoms with E-state index in [1.807, 2.05) is 0 Å². The molecule has 1 rings (SSSR count). The van der Waals surface area contributed by atoms with Crippen molar-refractivity contribution in [2.75, 3.05) is 14.2 Å². The third kappa shape index (κ3) is 1.05. The van der Waals surface area contributed by atoms with Gasteiger partial charge in [-0.05, 0) is 13.5 Å². The highest BCUT2D eigenvalue weighted by molar-refractivity contribution is 5.85. The van der Waals surface area contributed by atoms with E-state index in [1.165, 1.54) is 7.11 Å². The van der Waals surface area contributed by atoms with Crippen molar-refractivity contribution in [2.45, 2.75) is 12.0 Å². The van der Waals surface area contributed by atoms with Gasteiger partial charge in [-0.1, -0.05) is 6.08 Å². The smallest absolute Gasteiger partial charge is 0.326 e. The van der Waals surface area contributed by atoms with Crippen LogP contribution in [0.1, 0.15) is 6.42 Å². The lowest BCUT2D eigenvalue weighted by molar-refractivity contribution is -0.144. The Balaban J connectivity index is 2.66. The van der Waals surface area contributed by atoms with E-state index in [-0.39, 0.29) is 11.9 Å². The van der Waals surface area contributed by atoms with Crippen LogP contribution in [0.3, 0.4) is 0 Å². The number of hydrogen-bond acceptors (Lipinski definition) is 3. The summed E-state index contributed by atoms with van der Waals surface area (Å²) in [5.41, 5.74) is -0.462. The number of carbonyl (C=O) groups is 1. The van der Waals surface area contributed by atoms with Gasteiger partial charge in [-0.3, -0.25) is 4.79 Å². The van der Waals surface area contributed by atoms with Crippen LogP contribution in [0.4, 0.5) is 0 Å². The second kappa shape index (κ2) is 2.66. The Morgan fingerprint density at radius 1 is 1.91 bits per heavy atom. The first kappa shape index (κ1) is 8.27. The van der Waals surface area contributed by atoms with E-state index in [2.05, 4.69) is 16.6 Å². The van der Waals surface area contributed by atoms with Crippen molar-refractivity contribution < 1.29 is 9.53 Å². The van der Waals surface area contributed by atoms with Crippen molar-refractivity contribution in [3.05, 3.63) is 12.7 Å². The molecule has 1 N–H and O–H groups in total. The van der Waals surface area contributed by atoms with Gasteiger partial charge < -0.3 is 10.1 Å². The topological polar surface area (TPSA) is 38.3 Å². The van der Waals surface area contributed by atoms with E-state index in [9.17, 15) is 4.79 Å².